The molecule has 0 heterocycles. The van der Waals surface area contributed by atoms with Gasteiger partial charge in [-0.05, 0) is 13.8 Å². The second kappa shape index (κ2) is 63.3. The standard InChI is InChI=1S/C2H5N.CH5N/c1-3-2;1-2/h1H2,2H3;2H2,1H3. The summed E-state index contributed by atoms with van der Waals surface area (Å²) in [5.41, 5.74) is 4.50. The maximum Gasteiger partial charge on any atom is 0.0269 e. The predicted octanol–water partition coefficient (Wildman–Crippen LogP) is -0.108. The number of aliphatic imine (C=N–C) groups is 1. The number of rotatable bonds is 0. The van der Waals surface area contributed by atoms with Gasteiger partial charge in [0.1, 0.15) is 0 Å². The zero-order valence-electron chi connectivity index (χ0n) is 3.73. The van der Waals surface area contributed by atoms with Crippen LogP contribution in [-0.4, -0.2) is 20.8 Å². The van der Waals surface area contributed by atoms with Crippen LogP contribution in [0.3, 0.4) is 0 Å². The lowest BCUT2D eigenvalue weighted by molar-refractivity contribution is 1.48. The van der Waals surface area contributed by atoms with E-state index in [1.54, 1.807) is 7.05 Å². The quantitative estimate of drug-likeness (QED) is 0.400. The molecule has 0 unspecified atom stereocenters. The molecule has 0 bridgehead atoms. The largest absolute Gasteiger partial charge is 0.333 e. The molecule has 0 saturated heterocycles. The third-order valence-electron chi connectivity index (χ3n) is 0. The van der Waals surface area contributed by atoms with Gasteiger partial charge in [-0.2, -0.15) is 0 Å². The molecular formula is C3H10N2. The van der Waals surface area contributed by atoms with E-state index in [-0.39, 0.29) is 0 Å². The molecule has 0 aromatic heterocycles. The zero-order chi connectivity index (χ0) is 4.71. The van der Waals surface area contributed by atoms with E-state index in [0.717, 1.165) is 0 Å². The van der Waals surface area contributed by atoms with E-state index in [2.05, 4.69) is 17.4 Å². The number of nitrogens with two attached hydrogens (primary N) is 1. The van der Waals surface area contributed by atoms with Gasteiger partial charge in [-0.25, -0.2) is 0 Å². The third-order valence-corrected chi connectivity index (χ3v) is 0. The minimum Gasteiger partial charge on any atom is -0.333 e. The van der Waals surface area contributed by atoms with Crippen molar-refractivity contribution in [3.05, 3.63) is 0 Å². The molecular weight excluding hydrogens is 64.0 g/mol. The van der Waals surface area contributed by atoms with Crippen LogP contribution in [0.5, 0.6) is 0 Å². The van der Waals surface area contributed by atoms with Crippen molar-refractivity contribution < 1.29 is 0 Å². The Morgan fingerprint density at radius 3 is 1.60 bits per heavy atom. The van der Waals surface area contributed by atoms with Crippen LogP contribution in [0.25, 0.3) is 0 Å². The number of hydrogen-bond acceptors (Lipinski definition) is 2. The second-order valence-corrected chi connectivity index (χ2v) is 0.316. The van der Waals surface area contributed by atoms with Crippen molar-refractivity contribution in [3.8, 4) is 0 Å². The summed E-state index contributed by atoms with van der Waals surface area (Å²) < 4.78 is 0. The summed E-state index contributed by atoms with van der Waals surface area (Å²) in [5.74, 6) is 0. The van der Waals surface area contributed by atoms with Crippen molar-refractivity contribution in [1.82, 2.24) is 0 Å². The first-order valence-electron chi connectivity index (χ1n) is 1.34. The van der Waals surface area contributed by atoms with Crippen LogP contribution < -0.4 is 5.73 Å². The van der Waals surface area contributed by atoms with Crippen LogP contribution in [0.2, 0.25) is 0 Å². The van der Waals surface area contributed by atoms with Crippen molar-refractivity contribution >= 4 is 6.72 Å². The highest BCUT2D eigenvalue weighted by molar-refractivity contribution is 5.22. The van der Waals surface area contributed by atoms with Gasteiger partial charge in [-0.3, -0.25) is 0 Å². The molecule has 0 aromatic rings. The molecule has 32 valence electrons. The van der Waals surface area contributed by atoms with Crippen LogP contribution in [0.1, 0.15) is 0 Å². The first-order chi connectivity index (χ1) is 2.41. The third kappa shape index (κ3) is 70.4. The lowest BCUT2D eigenvalue weighted by atomic mass is 11.4. The van der Waals surface area contributed by atoms with Gasteiger partial charge in [0.05, 0.1) is 0 Å². The average molecular weight is 74.1 g/mol. The molecule has 0 aliphatic rings. The molecule has 0 atom stereocenters. The fraction of sp³-hybridized carbons (Fsp3) is 0.667. The molecule has 2 nitrogen and oxygen atoms in total. The SMILES string of the molecule is C=NC.CN. The normalized spacial score (nSPS) is 3.80. The van der Waals surface area contributed by atoms with Crippen molar-refractivity contribution in [2.75, 3.05) is 14.1 Å². The maximum atomic E-state index is 4.50. The summed E-state index contributed by atoms with van der Waals surface area (Å²) >= 11 is 0. The summed E-state index contributed by atoms with van der Waals surface area (Å²) in [6, 6.07) is 0. The Balaban J connectivity index is 0. The molecule has 0 rings (SSSR count). The molecule has 0 amide bonds. The summed E-state index contributed by atoms with van der Waals surface area (Å²) in [4.78, 5) is 3.25. The molecule has 5 heavy (non-hydrogen) atoms. The van der Waals surface area contributed by atoms with Crippen molar-refractivity contribution in [2.45, 2.75) is 0 Å². The number of nitrogens with zero attached hydrogens (tertiary/aromatic N) is 1. The molecule has 0 fully saturated rings. The van der Waals surface area contributed by atoms with E-state index in [9.17, 15) is 0 Å². The van der Waals surface area contributed by atoms with Gasteiger partial charge in [0.2, 0.25) is 0 Å². The summed E-state index contributed by atoms with van der Waals surface area (Å²) in [7, 11) is 3.14. The monoisotopic (exact) mass is 74.1 g/mol. The second-order valence-electron chi connectivity index (χ2n) is 0.316. The Labute approximate surface area is 32.7 Å². The van der Waals surface area contributed by atoms with Crippen molar-refractivity contribution in [3.63, 3.8) is 0 Å². The minimum atomic E-state index is 1.50. The van der Waals surface area contributed by atoms with E-state index in [4.69, 9.17) is 0 Å². The smallest absolute Gasteiger partial charge is 0.0269 e. The number of hydrogen-bond donors (Lipinski definition) is 1. The molecule has 0 spiro atoms. The zero-order valence-corrected chi connectivity index (χ0v) is 3.73. The molecule has 2 N–H and O–H groups in total. The van der Waals surface area contributed by atoms with Gasteiger partial charge >= 0.3 is 0 Å². The van der Waals surface area contributed by atoms with E-state index < -0.39 is 0 Å². The van der Waals surface area contributed by atoms with Crippen LogP contribution in [-0.2, 0) is 0 Å². The van der Waals surface area contributed by atoms with Crippen molar-refractivity contribution in [2.24, 2.45) is 10.7 Å². The van der Waals surface area contributed by atoms with E-state index in [1.807, 2.05) is 0 Å². The van der Waals surface area contributed by atoms with Crippen LogP contribution in [0, 0.1) is 0 Å². The average Bonchev–Trinajstić information content (AvgIpc) is 1.46. The Bertz CT molecular complexity index is 12.4. The van der Waals surface area contributed by atoms with Gasteiger partial charge in [0.15, 0.2) is 0 Å². The Hall–Kier alpha value is -0.370. The Kier molecular flexibility index (Phi) is 112. The maximum absolute atomic E-state index is 4.50. The predicted molar refractivity (Wildman–Crippen MR) is 25.6 cm³/mol. The molecule has 0 aliphatic heterocycles. The van der Waals surface area contributed by atoms with Gasteiger partial charge in [-0.15, -0.1) is 0 Å². The Morgan fingerprint density at radius 1 is 1.60 bits per heavy atom. The van der Waals surface area contributed by atoms with Crippen LogP contribution in [0.4, 0.5) is 0 Å². The first kappa shape index (κ1) is 8.82. The van der Waals surface area contributed by atoms with E-state index in [1.165, 1.54) is 7.05 Å². The van der Waals surface area contributed by atoms with Gasteiger partial charge in [-0.1, -0.05) is 0 Å². The van der Waals surface area contributed by atoms with Gasteiger partial charge < -0.3 is 10.7 Å². The summed E-state index contributed by atoms with van der Waals surface area (Å²) in [6.07, 6.45) is 0. The van der Waals surface area contributed by atoms with E-state index >= 15 is 0 Å². The lowest BCUT2D eigenvalue weighted by Crippen LogP contribution is -1.69. The summed E-state index contributed by atoms with van der Waals surface area (Å²) in [5, 5.41) is 0. The molecule has 0 radical (unpaired) electrons. The highest BCUT2D eigenvalue weighted by Crippen LogP contribution is 1.22. The first-order valence-corrected chi connectivity index (χ1v) is 1.34. The highest BCUT2D eigenvalue weighted by Gasteiger charge is 1.09. The fourth-order valence-corrected chi connectivity index (χ4v) is 0. The van der Waals surface area contributed by atoms with Crippen molar-refractivity contribution in [1.29, 1.82) is 0 Å². The van der Waals surface area contributed by atoms with E-state index in [0.29, 0.717) is 0 Å². The molecule has 0 saturated carbocycles. The fourth-order valence-electron chi connectivity index (χ4n) is 0. The van der Waals surface area contributed by atoms with Gasteiger partial charge in [0, 0.05) is 7.05 Å². The minimum absolute atomic E-state index is 1.50. The molecule has 2 heteroatoms. The summed E-state index contributed by atoms with van der Waals surface area (Å²) in [6.45, 7) is 3.11. The molecule has 0 aliphatic carbocycles. The van der Waals surface area contributed by atoms with Gasteiger partial charge in [0.25, 0.3) is 0 Å². The topological polar surface area (TPSA) is 38.4 Å². The Morgan fingerprint density at radius 2 is 1.60 bits per heavy atom. The highest BCUT2D eigenvalue weighted by atomic mass is 14.6. The lowest BCUT2D eigenvalue weighted by Gasteiger charge is -1.38. The van der Waals surface area contributed by atoms with Crippen LogP contribution >= 0.6 is 0 Å². The van der Waals surface area contributed by atoms with Crippen LogP contribution in [0.15, 0.2) is 4.99 Å². The molecule has 0 aromatic carbocycles.